The van der Waals surface area contributed by atoms with Crippen molar-refractivity contribution in [2.24, 2.45) is 0 Å². The number of nitrogens with zero attached hydrogens (tertiary/aromatic N) is 3. The first kappa shape index (κ1) is 22.2. The summed E-state index contributed by atoms with van der Waals surface area (Å²) in [6, 6.07) is 14.6. The molecule has 0 unspecified atom stereocenters. The topological polar surface area (TPSA) is 62.6 Å². The molecule has 3 aromatic rings. The van der Waals surface area contributed by atoms with Gasteiger partial charge in [-0.1, -0.05) is 29.8 Å². The van der Waals surface area contributed by atoms with Gasteiger partial charge in [0.2, 0.25) is 5.91 Å². The highest BCUT2D eigenvalue weighted by molar-refractivity contribution is 7.90. The first-order chi connectivity index (χ1) is 15.8. The van der Waals surface area contributed by atoms with Crippen LogP contribution in [0.3, 0.4) is 0 Å². The number of benzene rings is 2. The van der Waals surface area contributed by atoms with E-state index in [9.17, 15) is 13.2 Å². The van der Waals surface area contributed by atoms with Gasteiger partial charge < -0.3 is 9.71 Å². The van der Waals surface area contributed by atoms with Gasteiger partial charge in [0.15, 0.2) is 7.98 Å². The van der Waals surface area contributed by atoms with Crippen LogP contribution in [0.1, 0.15) is 43.2 Å². The molecule has 2 aliphatic rings. The molecule has 0 aliphatic carbocycles. The zero-order chi connectivity index (χ0) is 23.2. The average Bonchev–Trinajstić information content (AvgIpc) is 3.25. The third kappa shape index (κ3) is 3.89. The van der Waals surface area contributed by atoms with Crippen molar-refractivity contribution < 1.29 is 13.2 Å². The standard InChI is InChI=1S/C25H30BN3O3S/c1-19-7-9-21(10-8-19)33(31,32)29-15-11-22-20(4-2-5-23(22)29)18-28-24(30)6-3-12-25(28)13-16-27(26)17-14-25/h2,4-5,7-11,15H,3,6,12-14,16-18,26H2,1H3. The van der Waals surface area contributed by atoms with Crippen molar-refractivity contribution in [3.05, 3.63) is 65.9 Å². The van der Waals surface area contributed by atoms with Crippen molar-refractivity contribution in [1.29, 1.82) is 0 Å². The summed E-state index contributed by atoms with van der Waals surface area (Å²) in [4.78, 5) is 17.8. The largest absolute Gasteiger partial charge is 0.348 e. The highest BCUT2D eigenvalue weighted by atomic mass is 32.2. The molecule has 2 aliphatic heterocycles. The van der Waals surface area contributed by atoms with Crippen LogP contribution in [0.2, 0.25) is 0 Å². The van der Waals surface area contributed by atoms with E-state index in [1.165, 1.54) is 3.97 Å². The molecule has 1 amide bonds. The fraction of sp³-hybridized carbons (Fsp3) is 0.400. The summed E-state index contributed by atoms with van der Waals surface area (Å²) in [6.45, 7) is 4.46. The van der Waals surface area contributed by atoms with Gasteiger partial charge in [-0.25, -0.2) is 12.4 Å². The molecule has 5 rings (SSSR count). The Morgan fingerprint density at radius 3 is 2.45 bits per heavy atom. The van der Waals surface area contributed by atoms with E-state index < -0.39 is 10.0 Å². The van der Waals surface area contributed by atoms with Crippen LogP contribution in [0.4, 0.5) is 0 Å². The number of aromatic nitrogens is 1. The SMILES string of the molecule is BN1CCC2(CCCC(=O)N2Cc2cccc3c2ccn3S(=O)(=O)c2ccc(C)cc2)CC1. The highest BCUT2D eigenvalue weighted by Crippen LogP contribution is 2.39. The van der Waals surface area contributed by atoms with Crippen LogP contribution < -0.4 is 0 Å². The average molecular weight is 463 g/mol. The number of aryl methyl sites for hydroxylation is 1. The molecule has 3 heterocycles. The van der Waals surface area contributed by atoms with Crippen LogP contribution in [-0.4, -0.2) is 54.6 Å². The summed E-state index contributed by atoms with van der Waals surface area (Å²) in [5.41, 5.74) is 2.58. The molecule has 8 heteroatoms. The van der Waals surface area contributed by atoms with Gasteiger partial charge in [0.05, 0.1) is 10.4 Å². The quantitative estimate of drug-likeness (QED) is 0.558. The molecule has 2 fully saturated rings. The predicted octanol–water partition coefficient (Wildman–Crippen LogP) is 3.08. The molecule has 6 nitrogen and oxygen atoms in total. The van der Waals surface area contributed by atoms with Gasteiger partial charge in [-0.2, -0.15) is 0 Å². The molecular weight excluding hydrogens is 433 g/mol. The Kier molecular flexibility index (Phi) is 5.61. The molecule has 33 heavy (non-hydrogen) atoms. The van der Waals surface area contributed by atoms with Crippen molar-refractivity contribution >= 4 is 34.8 Å². The van der Waals surface area contributed by atoms with Gasteiger partial charge in [0.1, 0.15) is 0 Å². The van der Waals surface area contributed by atoms with Crippen LogP contribution in [0, 0.1) is 6.92 Å². The number of likely N-dealkylation sites (tertiary alicyclic amines) is 1. The lowest BCUT2D eigenvalue weighted by Crippen LogP contribution is -2.58. The second kappa shape index (κ2) is 8.33. The molecule has 0 bridgehead atoms. The Bertz CT molecular complexity index is 1290. The number of fused-ring (bicyclic) bond motifs is 1. The zero-order valence-electron chi connectivity index (χ0n) is 19.3. The number of carbonyl (C=O) groups is 1. The van der Waals surface area contributed by atoms with Crippen molar-refractivity contribution in [2.75, 3.05) is 13.1 Å². The third-order valence-corrected chi connectivity index (χ3v) is 9.22. The van der Waals surface area contributed by atoms with Crippen LogP contribution in [0.25, 0.3) is 10.9 Å². The zero-order valence-corrected chi connectivity index (χ0v) is 20.1. The van der Waals surface area contributed by atoms with E-state index >= 15 is 0 Å². The van der Waals surface area contributed by atoms with Crippen LogP contribution >= 0.6 is 0 Å². The minimum atomic E-state index is -3.70. The maximum absolute atomic E-state index is 13.3. The smallest absolute Gasteiger partial charge is 0.268 e. The van der Waals surface area contributed by atoms with Gasteiger partial charge in [-0.05, 0) is 75.5 Å². The number of piperidine rings is 2. The van der Waals surface area contributed by atoms with E-state index in [4.69, 9.17) is 0 Å². The summed E-state index contributed by atoms with van der Waals surface area (Å²) < 4.78 is 28.0. The van der Waals surface area contributed by atoms with E-state index in [0.29, 0.717) is 18.5 Å². The molecule has 0 N–H and O–H groups in total. The second-order valence-electron chi connectivity index (χ2n) is 9.64. The van der Waals surface area contributed by atoms with Crippen molar-refractivity contribution in [2.45, 2.75) is 56.0 Å². The molecule has 172 valence electrons. The lowest BCUT2D eigenvalue weighted by Gasteiger charge is -2.51. The summed E-state index contributed by atoms with van der Waals surface area (Å²) in [6.07, 6.45) is 6.21. The number of hydrogen-bond acceptors (Lipinski definition) is 4. The molecule has 0 atom stereocenters. The van der Waals surface area contributed by atoms with Gasteiger partial charge in [0, 0.05) is 30.1 Å². The highest BCUT2D eigenvalue weighted by Gasteiger charge is 2.43. The first-order valence-electron chi connectivity index (χ1n) is 11.7. The summed E-state index contributed by atoms with van der Waals surface area (Å²) >= 11 is 0. The van der Waals surface area contributed by atoms with E-state index in [-0.39, 0.29) is 16.3 Å². The Labute approximate surface area is 196 Å². The molecule has 1 spiro atoms. The lowest BCUT2D eigenvalue weighted by molar-refractivity contribution is -0.145. The molecular formula is C25H30BN3O3S. The van der Waals surface area contributed by atoms with E-state index in [2.05, 4.69) is 17.7 Å². The van der Waals surface area contributed by atoms with Gasteiger partial charge in [-0.3, -0.25) is 4.79 Å². The van der Waals surface area contributed by atoms with E-state index in [1.807, 2.05) is 43.3 Å². The Morgan fingerprint density at radius 2 is 1.73 bits per heavy atom. The number of hydrogen-bond donors (Lipinski definition) is 0. The Hall–Kier alpha value is -2.58. The van der Waals surface area contributed by atoms with Crippen molar-refractivity contribution in [3.63, 3.8) is 0 Å². The van der Waals surface area contributed by atoms with E-state index in [1.54, 1.807) is 18.3 Å². The van der Waals surface area contributed by atoms with Crippen molar-refractivity contribution in [1.82, 2.24) is 13.7 Å². The normalized spacial score (nSPS) is 19.4. The van der Waals surface area contributed by atoms with Gasteiger partial charge in [-0.15, -0.1) is 0 Å². The number of amides is 1. The van der Waals surface area contributed by atoms with Gasteiger partial charge in [0.25, 0.3) is 10.0 Å². The number of carbonyl (C=O) groups excluding carboxylic acids is 1. The fourth-order valence-electron chi connectivity index (χ4n) is 5.46. The summed E-state index contributed by atoms with van der Waals surface area (Å²) in [5, 5.41) is 0.884. The van der Waals surface area contributed by atoms with Crippen LogP contribution in [-0.2, 0) is 21.4 Å². The minimum Gasteiger partial charge on any atom is -0.348 e. The lowest BCUT2D eigenvalue weighted by atomic mass is 9.77. The first-order valence-corrected chi connectivity index (χ1v) is 13.1. The Morgan fingerprint density at radius 1 is 1.00 bits per heavy atom. The minimum absolute atomic E-state index is 0.0828. The second-order valence-corrected chi connectivity index (χ2v) is 11.5. The Balaban J connectivity index is 1.52. The molecule has 0 saturated carbocycles. The van der Waals surface area contributed by atoms with E-state index in [0.717, 1.165) is 55.3 Å². The van der Waals surface area contributed by atoms with Gasteiger partial charge >= 0.3 is 0 Å². The maximum atomic E-state index is 13.3. The van der Waals surface area contributed by atoms with Crippen LogP contribution in [0.5, 0.6) is 0 Å². The molecule has 2 aromatic carbocycles. The third-order valence-electron chi connectivity index (χ3n) is 7.52. The molecule has 0 radical (unpaired) electrons. The molecule has 2 saturated heterocycles. The number of rotatable bonds is 4. The maximum Gasteiger partial charge on any atom is 0.268 e. The van der Waals surface area contributed by atoms with Crippen LogP contribution in [0.15, 0.2) is 59.6 Å². The predicted molar refractivity (Wildman–Crippen MR) is 132 cm³/mol. The summed E-state index contributed by atoms with van der Waals surface area (Å²) in [7, 11) is -1.56. The van der Waals surface area contributed by atoms with Crippen molar-refractivity contribution in [3.8, 4) is 0 Å². The monoisotopic (exact) mass is 463 g/mol. The fourth-order valence-corrected chi connectivity index (χ4v) is 6.81. The molecule has 1 aromatic heterocycles. The summed E-state index contributed by atoms with van der Waals surface area (Å²) in [5.74, 6) is 0.217.